The van der Waals surface area contributed by atoms with E-state index in [1.165, 1.54) is 10.6 Å². The number of halogens is 3. The number of aryl methyl sites for hydroxylation is 1. The van der Waals surface area contributed by atoms with Gasteiger partial charge in [-0.1, -0.05) is 5.16 Å². The van der Waals surface area contributed by atoms with Gasteiger partial charge in [0, 0.05) is 12.2 Å². The van der Waals surface area contributed by atoms with Crippen molar-refractivity contribution in [3.8, 4) is 0 Å². The molecule has 20 heavy (non-hydrogen) atoms. The van der Waals surface area contributed by atoms with Crippen LogP contribution < -0.4 is 11.3 Å². The molecule has 1 aromatic rings. The highest BCUT2D eigenvalue weighted by Crippen LogP contribution is 2.14. The molecule has 0 amide bonds. The van der Waals surface area contributed by atoms with Crippen LogP contribution >= 0.6 is 0 Å². The van der Waals surface area contributed by atoms with E-state index in [4.69, 9.17) is 10.9 Å². The Morgan fingerprint density at radius 2 is 2.15 bits per heavy atom. The summed E-state index contributed by atoms with van der Waals surface area (Å²) in [6.07, 6.45) is -4.41. The van der Waals surface area contributed by atoms with Crippen molar-refractivity contribution in [1.82, 2.24) is 4.57 Å². The minimum Gasteiger partial charge on any atom is -0.409 e. The van der Waals surface area contributed by atoms with Crippen LogP contribution in [0.4, 0.5) is 13.2 Å². The summed E-state index contributed by atoms with van der Waals surface area (Å²) < 4.78 is 41.3. The molecule has 0 aliphatic rings. The summed E-state index contributed by atoms with van der Waals surface area (Å²) in [7, 11) is 0. The quantitative estimate of drug-likeness (QED) is 0.277. The zero-order valence-corrected chi connectivity index (χ0v) is 10.6. The number of hydrogen-bond donors (Lipinski definition) is 2. The topological polar surface area (TPSA) is 89.8 Å². The van der Waals surface area contributed by atoms with Crippen LogP contribution in [0.1, 0.15) is 11.3 Å². The third kappa shape index (κ3) is 4.26. The van der Waals surface area contributed by atoms with E-state index >= 15 is 0 Å². The molecule has 1 heterocycles. The molecule has 0 radical (unpaired) electrons. The maximum Gasteiger partial charge on any atom is 0.411 e. The molecule has 0 atom stereocenters. The van der Waals surface area contributed by atoms with Crippen molar-refractivity contribution in [3.63, 3.8) is 0 Å². The van der Waals surface area contributed by atoms with Crippen molar-refractivity contribution in [2.24, 2.45) is 10.9 Å². The molecule has 0 aromatic carbocycles. The molecule has 112 valence electrons. The molecule has 0 saturated heterocycles. The van der Waals surface area contributed by atoms with Gasteiger partial charge in [-0.25, -0.2) is 0 Å². The number of alkyl halides is 3. The van der Waals surface area contributed by atoms with Gasteiger partial charge in [0.15, 0.2) is 5.84 Å². The fourth-order valence-electron chi connectivity index (χ4n) is 1.54. The lowest BCUT2D eigenvalue weighted by Crippen LogP contribution is -2.32. The van der Waals surface area contributed by atoms with Crippen LogP contribution in [0, 0.1) is 6.92 Å². The molecule has 0 bridgehead atoms. The second kappa shape index (κ2) is 6.42. The number of hydrogen-bond acceptors (Lipinski definition) is 4. The highest BCUT2D eigenvalue weighted by molar-refractivity contribution is 5.96. The lowest BCUT2D eigenvalue weighted by atomic mass is 10.2. The summed E-state index contributed by atoms with van der Waals surface area (Å²) in [4.78, 5) is 12.0. The van der Waals surface area contributed by atoms with Gasteiger partial charge in [-0.15, -0.1) is 0 Å². The molecule has 0 fully saturated rings. The zero-order chi connectivity index (χ0) is 15.3. The summed E-state index contributed by atoms with van der Waals surface area (Å²) in [5.41, 5.74) is 5.27. The number of rotatable bonds is 5. The molecule has 0 unspecified atom stereocenters. The Bertz CT molecular complexity index is 552. The Morgan fingerprint density at radius 3 is 2.70 bits per heavy atom. The maximum atomic E-state index is 12.0. The van der Waals surface area contributed by atoms with Crippen LogP contribution in [0.15, 0.2) is 22.1 Å². The summed E-state index contributed by atoms with van der Waals surface area (Å²) >= 11 is 0. The predicted molar refractivity (Wildman–Crippen MR) is 64.8 cm³/mol. The highest BCUT2D eigenvalue weighted by Gasteiger charge is 2.27. The fraction of sp³-hybridized carbons (Fsp3) is 0.455. The van der Waals surface area contributed by atoms with Crippen LogP contribution in [0.2, 0.25) is 0 Å². The van der Waals surface area contributed by atoms with Gasteiger partial charge in [-0.05, 0) is 19.1 Å². The molecule has 1 aromatic heterocycles. The summed E-state index contributed by atoms with van der Waals surface area (Å²) in [5.74, 6) is -0.361. The normalized spacial score (nSPS) is 12.7. The first-order valence-corrected chi connectivity index (χ1v) is 5.59. The SMILES string of the molecule is Cc1ccc(/C(N)=N/O)c(=O)n1CCOCC(F)(F)F. The molecule has 0 aliphatic carbocycles. The van der Waals surface area contributed by atoms with Gasteiger partial charge < -0.3 is 20.2 Å². The van der Waals surface area contributed by atoms with Gasteiger partial charge >= 0.3 is 6.18 Å². The average molecular weight is 293 g/mol. The Kier molecular flexibility index (Phi) is 5.14. The van der Waals surface area contributed by atoms with Crippen molar-refractivity contribution >= 4 is 5.84 Å². The van der Waals surface area contributed by atoms with Gasteiger partial charge in [-0.3, -0.25) is 4.79 Å². The first-order chi connectivity index (χ1) is 9.26. The molecule has 0 saturated carbocycles. The lowest BCUT2D eigenvalue weighted by molar-refractivity contribution is -0.174. The van der Waals surface area contributed by atoms with Crippen molar-refractivity contribution in [2.75, 3.05) is 13.2 Å². The Hall–Kier alpha value is -2.03. The van der Waals surface area contributed by atoms with Gasteiger partial charge in [0.05, 0.1) is 12.2 Å². The van der Waals surface area contributed by atoms with E-state index in [0.29, 0.717) is 5.69 Å². The van der Waals surface area contributed by atoms with E-state index in [2.05, 4.69) is 9.89 Å². The number of pyridine rings is 1. The van der Waals surface area contributed by atoms with Gasteiger partial charge in [0.25, 0.3) is 5.56 Å². The molecular weight excluding hydrogens is 279 g/mol. The lowest BCUT2D eigenvalue weighted by Gasteiger charge is -2.12. The minimum atomic E-state index is -4.41. The van der Waals surface area contributed by atoms with E-state index in [1.807, 2.05) is 0 Å². The van der Waals surface area contributed by atoms with Crippen molar-refractivity contribution < 1.29 is 23.1 Å². The zero-order valence-electron chi connectivity index (χ0n) is 10.6. The van der Waals surface area contributed by atoms with E-state index in [9.17, 15) is 18.0 Å². The van der Waals surface area contributed by atoms with Crippen LogP contribution in [-0.2, 0) is 11.3 Å². The van der Waals surface area contributed by atoms with Gasteiger partial charge in [0.2, 0.25) is 0 Å². The maximum absolute atomic E-state index is 12.0. The van der Waals surface area contributed by atoms with E-state index in [-0.39, 0.29) is 24.6 Å². The van der Waals surface area contributed by atoms with Crippen LogP contribution in [0.3, 0.4) is 0 Å². The third-order valence-electron chi connectivity index (χ3n) is 2.50. The third-order valence-corrected chi connectivity index (χ3v) is 2.50. The Balaban J connectivity index is 2.83. The van der Waals surface area contributed by atoms with Crippen molar-refractivity contribution in [1.29, 1.82) is 0 Å². The van der Waals surface area contributed by atoms with Crippen LogP contribution in [0.5, 0.6) is 0 Å². The summed E-state index contributed by atoms with van der Waals surface area (Å²) in [6.45, 7) is -0.102. The highest BCUT2D eigenvalue weighted by atomic mass is 19.4. The number of aromatic nitrogens is 1. The van der Waals surface area contributed by atoms with Gasteiger partial charge in [-0.2, -0.15) is 13.2 Å². The number of amidine groups is 1. The predicted octanol–water partition coefficient (Wildman–Crippen LogP) is 0.830. The number of nitrogens with two attached hydrogens (primary N) is 1. The van der Waals surface area contributed by atoms with Crippen LogP contribution in [0.25, 0.3) is 0 Å². The van der Waals surface area contributed by atoms with E-state index in [0.717, 1.165) is 0 Å². The first kappa shape index (κ1) is 16.0. The number of ether oxygens (including phenoxy) is 1. The molecule has 0 spiro atoms. The Labute approximate surface area is 112 Å². The molecule has 0 aliphatic heterocycles. The van der Waals surface area contributed by atoms with Crippen molar-refractivity contribution in [2.45, 2.75) is 19.6 Å². The fourth-order valence-corrected chi connectivity index (χ4v) is 1.54. The Morgan fingerprint density at radius 1 is 1.50 bits per heavy atom. The summed E-state index contributed by atoms with van der Waals surface area (Å²) in [5, 5.41) is 11.3. The van der Waals surface area contributed by atoms with E-state index < -0.39 is 18.3 Å². The van der Waals surface area contributed by atoms with Crippen LogP contribution in [-0.4, -0.2) is 35.0 Å². The largest absolute Gasteiger partial charge is 0.411 e. The molecule has 3 N–H and O–H groups in total. The smallest absolute Gasteiger partial charge is 0.409 e. The second-order valence-corrected chi connectivity index (χ2v) is 4.00. The average Bonchev–Trinajstić information content (AvgIpc) is 2.35. The summed E-state index contributed by atoms with van der Waals surface area (Å²) in [6, 6.07) is 2.92. The second-order valence-electron chi connectivity index (χ2n) is 4.00. The number of oxime groups is 1. The molecular formula is C11H14F3N3O3. The molecule has 6 nitrogen and oxygen atoms in total. The monoisotopic (exact) mass is 293 g/mol. The first-order valence-electron chi connectivity index (χ1n) is 5.59. The van der Waals surface area contributed by atoms with Gasteiger partial charge in [0.1, 0.15) is 6.61 Å². The molecule has 9 heteroatoms. The number of nitrogens with zero attached hydrogens (tertiary/aromatic N) is 2. The minimum absolute atomic E-state index is 0.0334. The van der Waals surface area contributed by atoms with Crippen molar-refractivity contribution in [3.05, 3.63) is 33.7 Å². The standard InChI is InChI=1S/C11H14F3N3O3/c1-7-2-3-8(9(15)16-19)10(18)17(7)4-5-20-6-11(12,13)14/h2-3,19H,4-6H2,1H3,(H2,15,16). The molecule has 1 rings (SSSR count). The van der Waals surface area contributed by atoms with E-state index in [1.54, 1.807) is 13.0 Å².